The molecule has 0 radical (unpaired) electrons. The maximum absolute atomic E-state index is 11.4. The Hall–Kier alpha value is -1.75. The van der Waals surface area contributed by atoms with E-state index in [0.717, 1.165) is 5.56 Å². The molecule has 0 fully saturated rings. The van der Waals surface area contributed by atoms with E-state index in [4.69, 9.17) is 4.74 Å². The molecule has 0 aliphatic heterocycles. The third-order valence-corrected chi connectivity index (χ3v) is 2.61. The molecular weight excluding hydrogens is 256 g/mol. The summed E-state index contributed by atoms with van der Waals surface area (Å²) in [5.41, 5.74) is 0.522. The van der Waals surface area contributed by atoms with Gasteiger partial charge in [0.15, 0.2) is 0 Å². The lowest BCUT2D eigenvalue weighted by Gasteiger charge is -2.20. The minimum Gasteiger partial charge on any atom is -0.508 e. The van der Waals surface area contributed by atoms with Crippen LogP contribution < -0.4 is 10.6 Å². The van der Waals surface area contributed by atoms with Gasteiger partial charge in [-0.05, 0) is 45.4 Å². The van der Waals surface area contributed by atoms with Crippen LogP contribution >= 0.6 is 0 Å². The van der Waals surface area contributed by atoms with Crippen molar-refractivity contribution in [2.24, 2.45) is 0 Å². The quantitative estimate of drug-likeness (QED) is 0.725. The van der Waals surface area contributed by atoms with Gasteiger partial charge in [-0.15, -0.1) is 0 Å². The van der Waals surface area contributed by atoms with E-state index in [0.29, 0.717) is 13.1 Å². The molecule has 0 heterocycles. The van der Waals surface area contributed by atoms with Crippen LogP contribution in [0.1, 0.15) is 39.3 Å². The SMILES string of the molecule is CC(NCCNC(=O)OC(C)(C)C)c1cccc(O)c1. The van der Waals surface area contributed by atoms with E-state index in [2.05, 4.69) is 10.6 Å². The fourth-order valence-corrected chi connectivity index (χ4v) is 1.68. The average molecular weight is 280 g/mol. The van der Waals surface area contributed by atoms with Crippen LogP contribution in [0, 0.1) is 0 Å². The van der Waals surface area contributed by atoms with Crippen molar-refractivity contribution in [3.8, 4) is 5.75 Å². The van der Waals surface area contributed by atoms with Gasteiger partial charge in [-0.2, -0.15) is 0 Å². The number of carbonyl (C=O) groups is 1. The van der Waals surface area contributed by atoms with Crippen molar-refractivity contribution in [3.05, 3.63) is 29.8 Å². The van der Waals surface area contributed by atoms with Crippen LogP contribution in [0.25, 0.3) is 0 Å². The number of nitrogens with one attached hydrogen (secondary N) is 2. The largest absolute Gasteiger partial charge is 0.508 e. The lowest BCUT2D eigenvalue weighted by Crippen LogP contribution is -2.36. The van der Waals surface area contributed by atoms with Crippen molar-refractivity contribution >= 4 is 6.09 Å². The highest BCUT2D eigenvalue weighted by Crippen LogP contribution is 2.17. The number of hydrogen-bond donors (Lipinski definition) is 3. The van der Waals surface area contributed by atoms with E-state index < -0.39 is 11.7 Å². The van der Waals surface area contributed by atoms with Crippen molar-refractivity contribution in [3.63, 3.8) is 0 Å². The fourth-order valence-electron chi connectivity index (χ4n) is 1.68. The van der Waals surface area contributed by atoms with Crippen molar-refractivity contribution in [1.82, 2.24) is 10.6 Å². The summed E-state index contributed by atoms with van der Waals surface area (Å²) in [7, 11) is 0. The number of phenols is 1. The predicted octanol–water partition coefficient (Wildman–Crippen LogP) is 2.57. The first kappa shape index (κ1) is 16.3. The Balaban J connectivity index is 2.26. The third kappa shape index (κ3) is 6.43. The molecule has 1 unspecified atom stereocenters. The molecule has 1 amide bonds. The summed E-state index contributed by atoms with van der Waals surface area (Å²) < 4.78 is 5.13. The smallest absolute Gasteiger partial charge is 0.407 e. The van der Waals surface area contributed by atoms with Gasteiger partial charge in [0.1, 0.15) is 11.4 Å². The second kappa shape index (κ2) is 7.14. The first-order valence-electron chi connectivity index (χ1n) is 6.77. The molecule has 5 nitrogen and oxygen atoms in total. The van der Waals surface area contributed by atoms with E-state index >= 15 is 0 Å². The molecule has 0 bridgehead atoms. The summed E-state index contributed by atoms with van der Waals surface area (Å²) in [5.74, 6) is 0.253. The number of rotatable bonds is 5. The van der Waals surface area contributed by atoms with Crippen molar-refractivity contribution in [1.29, 1.82) is 0 Å². The molecule has 0 aromatic heterocycles. The Morgan fingerprint density at radius 1 is 1.35 bits per heavy atom. The molecule has 0 saturated carbocycles. The Morgan fingerprint density at radius 3 is 2.65 bits per heavy atom. The van der Waals surface area contributed by atoms with E-state index in [1.807, 2.05) is 39.8 Å². The Morgan fingerprint density at radius 2 is 2.05 bits per heavy atom. The van der Waals surface area contributed by atoms with Crippen LogP contribution in [0.15, 0.2) is 24.3 Å². The lowest BCUT2D eigenvalue weighted by atomic mass is 10.1. The normalized spacial score (nSPS) is 12.8. The van der Waals surface area contributed by atoms with Gasteiger partial charge in [0, 0.05) is 19.1 Å². The van der Waals surface area contributed by atoms with Crippen LogP contribution in [-0.4, -0.2) is 29.9 Å². The molecule has 1 atom stereocenters. The van der Waals surface area contributed by atoms with Crippen LogP contribution in [0.3, 0.4) is 0 Å². The monoisotopic (exact) mass is 280 g/mol. The summed E-state index contributed by atoms with van der Waals surface area (Å²) in [4.78, 5) is 11.4. The maximum atomic E-state index is 11.4. The number of carbonyl (C=O) groups excluding carboxylic acids is 1. The molecule has 3 N–H and O–H groups in total. The number of aromatic hydroxyl groups is 1. The zero-order valence-electron chi connectivity index (χ0n) is 12.6. The average Bonchev–Trinajstić information content (AvgIpc) is 2.32. The first-order chi connectivity index (χ1) is 9.28. The first-order valence-corrected chi connectivity index (χ1v) is 6.77. The van der Waals surface area contributed by atoms with Gasteiger partial charge in [-0.3, -0.25) is 0 Å². The van der Waals surface area contributed by atoms with Gasteiger partial charge in [0.05, 0.1) is 0 Å². The number of alkyl carbamates (subject to hydrolysis) is 1. The summed E-state index contributed by atoms with van der Waals surface area (Å²) in [6.45, 7) is 8.59. The summed E-state index contributed by atoms with van der Waals surface area (Å²) >= 11 is 0. The molecule has 5 heteroatoms. The Labute approximate surface area is 120 Å². The molecule has 20 heavy (non-hydrogen) atoms. The van der Waals surface area contributed by atoms with Crippen LogP contribution in [0.4, 0.5) is 4.79 Å². The number of ether oxygens (including phenoxy) is 1. The molecule has 1 rings (SSSR count). The lowest BCUT2D eigenvalue weighted by molar-refractivity contribution is 0.0528. The summed E-state index contributed by atoms with van der Waals surface area (Å²) in [6, 6.07) is 7.21. The van der Waals surface area contributed by atoms with Gasteiger partial charge in [0.2, 0.25) is 0 Å². The van der Waals surface area contributed by atoms with Gasteiger partial charge in [0.25, 0.3) is 0 Å². The van der Waals surface area contributed by atoms with Gasteiger partial charge < -0.3 is 20.5 Å². The van der Waals surface area contributed by atoms with Gasteiger partial charge in [-0.1, -0.05) is 12.1 Å². The fraction of sp³-hybridized carbons (Fsp3) is 0.533. The second-order valence-corrected chi connectivity index (χ2v) is 5.70. The molecule has 0 saturated heterocycles. The molecule has 1 aromatic rings. The van der Waals surface area contributed by atoms with E-state index in [1.165, 1.54) is 0 Å². The molecule has 1 aromatic carbocycles. The number of phenolic OH excluding ortho intramolecular Hbond substituents is 1. The minimum atomic E-state index is -0.480. The number of amides is 1. The molecule has 0 aliphatic rings. The van der Waals surface area contributed by atoms with Crippen LogP contribution in [0.5, 0.6) is 5.75 Å². The molecular formula is C15H24N2O3. The standard InChI is InChI=1S/C15H24N2O3/c1-11(12-6-5-7-13(18)10-12)16-8-9-17-14(19)20-15(2,3)4/h5-7,10-11,16,18H,8-9H2,1-4H3,(H,17,19). The van der Waals surface area contributed by atoms with Crippen molar-refractivity contribution in [2.75, 3.05) is 13.1 Å². The summed E-state index contributed by atoms with van der Waals surface area (Å²) in [6.07, 6.45) is -0.413. The zero-order chi connectivity index (χ0) is 15.2. The minimum absolute atomic E-state index is 0.0996. The number of hydrogen-bond acceptors (Lipinski definition) is 4. The van der Waals surface area contributed by atoms with E-state index in [9.17, 15) is 9.90 Å². The van der Waals surface area contributed by atoms with Gasteiger partial charge in [-0.25, -0.2) is 4.79 Å². The highest BCUT2D eigenvalue weighted by atomic mass is 16.6. The zero-order valence-corrected chi connectivity index (χ0v) is 12.6. The third-order valence-electron chi connectivity index (χ3n) is 2.61. The van der Waals surface area contributed by atoms with Crippen molar-refractivity contribution < 1.29 is 14.6 Å². The predicted molar refractivity (Wildman–Crippen MR) is 78.8 cm³/mol. The highest BCUT2D eigenvalue weighted by molar-refractivity contribution is 5.67. The highest BCUT2D eigenvalue weighted by Gasteiger charge is 2.15. The van der Waals surface area contributed by atoms with Crippen LogP contribution in [-0.2, 0) is 4.74 Å². The molecule has 112 valence electrons. The van der Waals surface area contributed by atoms with Gasteiger partial charge >= 0.3 is 6.09 Å². The number of benzene rings is 1. The second-order valence-electron chi connectivity index (χ2n) is 5.70. The Bertz CT molecular complexity index is 441. The van der Waals surface area contributed by atoms with Crippen molar-refractivity contribution in [2.45, 2.75) is 39.3 Å². The topological polar surface area (TPSA) is 70.6 Å². The van der Waals surface area contributed by atoms with E-state index in [-0.39, 0.29) is 11.8 Å². The molecule has 0 spiro atoms. The van der Waals surface area contributed by atoms with E-state index in [1.54, 1.807) is 12.1 Å². The summed E-state index contributed by atoms with van der Waals surface area (Å²) in [5, 5.41) is 15.4. The Kier molecular flexibility index (Phi) is 5.82. The molecule has 0 aliphatic carbocycles. The van der Waals surface area contributed by atoms with Crippen LogP contribution in [0.2, 0.25) is 0 Å². The maximum Gasteiger partial charge on any atom is 0.407 e.